The zero-order valence-corrected chi connectivity index (χ0v) is 18.6. The zero-order chi connectivity index (χ0) is 22.5. The normalized spacial score (nSPS) is 16.2. The number of amides is 1. The van der Waals surface area contributed by atoms with Gasteiger partial charge in [-0.15, -0.1) is 0 Å². The van der Waals surface area contributed by atoms with Gasteiger partial charge in [0.1, 0.15) is 5.82 Å². The molecule has 0 spiro atoms. The third-order valence-corrected chi connectivity index (χ3v) is 6.00. The highest BCUT2D eigenvalue weighted by atomic mass is 19.1. The Morgan fingerprint density at radius 1 is 1.06 bits per heavy atom. The summed E-state index contributed by atoms with van der Waals surface area (Å²) < 4.78 is 13.1. The molecule has 6 heteroatoms. The van der Waals surface area contributed by atoms with Crippen molar-refractivity contribution in [2.75, 3.05) is 18.0 Å². The van der Waals surface area contributed by atoms with Gasteiger partial charge in [-0.2, -0.15) is 0 Å². The van der Waals surface area contributed by atoms with Crippen molar-refractivity contribution in [2.45, 2.75) is 39.2 Å². The minimum absolute atomic E-state index is 0.0746. The Kier molecular flexibility index (Phi) is 6.78. The van der Waals surface area contributed by atoms with Gasteiger partial charge >= 0.3 is 0 Å². The van der Waals surface area contributed by atoms with Gasteiger partial charge < -0.3 is 10.2 Å². The van der Waals surface area contributed by atoms with Gasteiger partial charge in [-0.1, -0.05) is 50.2 Å². The Hall–Kier alpha value is -3.28. The number of rotatable bonds is 6. The molecule has 1 saturated heterocycles. The van der Waals surface area contributed by atoms with Gasteiger partial charge in [0, 0.05) is 37.6 Å². The predicted molar refractivity (Wildman–Crippen MR) is 125 cm³/mol. The predicted octanol–water partition coefficient (Wildman–Crippen LogP) is 4.94. The fraction of sp³-hybridized carbons (Fsp3) is 0.346. The van der Waals surface area contributed by atoms with Crippen molar-refractivity contribution in [3.8, 4) is 11.1 Å². The lowest BCUT2D eigenvalue weighted by Gasteiger charge is -2.32. The van der Waals surface area contributed by atoms with Crippen LogP contribution in [0.3, 0.4) is 0 Å². The molecule has 1 aliphatic rings. The van der Waals surface area contributed by atoms with Gasteiger partial charge in [0.2, 0.25) is 11.9 Å². The first kappa shape index (κ1) is 21.9. The van der Waals surface area contributed by atoms with Gasteiger partial charge in [-0.05, 0) is 47.6 Å². The minimum atomic E-state index is -0.267. The van der Waals surface area contributed by atoms with E-state index in [4.69, 9.17) is 0 Å². The van der Waals surface area contributed by atoms with Crippen molar-refractivity contribution < 1.29 is 9.18 Å². The number of nitrogens with zero attached hydrogens (tertiary/aromatic N) is 3. The average molecular weight is 433 g/mol. The van der Waals surface area contributed by atoms with Crippen LogP contribution in [-0.4, -0.2) is 29.0 Å². The SMILES string of the molecule is CC(C)c1ccc(CNC(=O)[C@@H]2CCCN(c3ncc(-c4ccc(F)cc4)cn3)C2)cc1. The average Bonchev–Trinajstić information content (AvgIpc) is 2.83. The standard InChI is InChI=1S/C26H29FN4O/c1-18(2)20-7-5-19(6-8-20)14-28-25(32)22-4-3-13-31(17-22)26-29-15-23(16-30-26)21-9-11-24(27)12-10-21/h5-12,15-16,18,22H,3-4,13-14,17H2,1-2H3,(H,28,32)/t22-/m1/s1. The second-order valence-electron chi connectivity index (χ2n) is 8.68. The van der Waals surface area contributed by atoms with Gasteiger partial charge in [-0.25, -0.2) is 14.4 Å². The summed E-state index contributed by atoms with van der Waals surface area (Å²) in [5.41, 5.74) is 4.11. The van der Waals surface area contributed by atoms with Crippen LogP contribution >= 0.6 is 0 Å². The summed E-state index contributed by atoms with van der Waals surface area (Å²) in [5, 5.41) is 3.09. The Bertz CT molecular complexity index is 1030. The topological polar surface area (TPSA) is 58.1 Å². The van der Waals surface area contributed by atoms with E-state index in [0.717, 1.165) is 36.1 Å². The van der Waals surface area contributed by atoms with Crippen molar-refractivity contribution in [1.82, 2.24) is 15.3 Å². The van der Waals surface area contributed by atoms with Crippen LogP contribution in [0.2, 0.25) is 0 Å². The van der Waals surface area contributed by atoms with Crippen LogP contribution in [0.5, 0.6) is 0 Å². The van der Waals surface area contributed by atoms with Gasteiger partial charge in [0.05, 0.1) is 5.92 Å². The molecule has 3 aromatic rings. The number of nitrogens with one attached hydrogen (secondary N) is 1. The molecule has 0 unspecified atom stereocenters. The molecule has 4 rings (SSSR count). The Morgan fingerprint density at radius 2 is 1.75 bits per heavy atom. The molecule has 0 radical (unpaired) electrons. The van der Waals surface area contributed by atoms with Crippen molar-refractivity contribution in [3.63, 3.8) is 0 Å². The van der Waals surface area contributed by atoms with E-state index in [2.05, 4.69) is 58.3 Å². The molecular weight excluding hydrogens is 403 g/mol. The first-order chi connectivity index (χ1) is 15.5. The van der Waals surface area contributed by atoms with Gasteiger partial charge in [-0.3, -0.25) is 4.79 Å². The maximum absolute atomic E-state index is 13.1. The van der Waals surface area contributed by atoms with E-state index in [1.54, 1.807) is 24.5 Å². The first-order valence-electron chi connectivity index (χ1n) is 11.2. The molecule has 1 amide bonds. The smallest absolute Gasteiger partial charge is 0.225 e. The largest absolute Gasteiger partial charge is 0.352 e. The molecule has 32 heavy (non-hydrogen) atoms. The number of aromatic nitrogens is 2. The van der Waals surface area contributed by atoms with Crippen LogP contribution < -0.4 is 10.2 Å². The second kappa shape index (κ2) is 9.90. The second-order valence-corrected chi connectivity index (χ2v) is 8.68. The van der Waals surface area contributed by atoms with E-state index < -0.39 is 0 Å². The summed E-state index contributed by atoms with van der Waals surface area (Å²) in [5.74, 6) is 0.845. The van der Waals surface area contributed by atoms with Crippen LogP contribution in [0.15, 0.2) is 60.9 Å². The quantitative estimate of drug-likeness (QED) is 0.600. The van der Waals surface area contributed by atoms with Crippen LogP contribution in [0, 0.1) is 11.7 Å². The number of hydrogen-bond donors (Lipinski definition) is 1. The first-order valence-corrected chi connectivity index (χ1v) is 11.2. The number of carbonyl (C=O) groups excluding carboxylic acids is 1. The maximum Gasteiger partial charge on any atom is 0.225 e. The lowest BCUT2D eigenvalue weighted by molar-refractivity contribution is -0.125. The fourth-order valence-corrected chi connectivity index (χ4v) is 4.00. The van der Waals surface area contributed by atoms with Gasteiger partial charge in [0.25, 0.3) is 0 Å². The van der Waals surface area contributed by atoms with Crippen molar-refractivity contribution in [2.24, 2.45) is 5.92 Å². The third kappa shape index (κ3) is 5.31. The molecule has 0 saturated carbocycles. The van der Waals surface area contributed by atoms with E-state index in [1.165, 1.54) is 17.7 Å². The summed E-state index contributed by atoms with van der Waals surface area (Å²) in [6.07, 6.45) is 5.28. The summed E-state index contributed by atoms with van der Waals surface area (Å²) in [7, 11) is 0. The van der Waals surface area contributed by atoms with E-state index >= 15 is 0 Å². The molecule has 0 aliphatic carbocycles. The Balaban J connectivity index is 1.34. The fourth-order valence-electron chi connectivity index (χ4n) is 4.00. The lowest BCUT2D eigenvalue weighted by Crippen LogP contribution is -2.43. The van der Waals surface area contributed by atoms with Crippen molar-refractivity contribution in [1.29, 1.82) is 0 Å². The number of carbonyl (C=O) groups is 1. The highest BCUT2D eigenvalue weighted by Crippen LogP contribution is 2.23. The monoisotopic (exact) mass is 432 g/mol. The molecule has 5 nitrogen and oxygen atoms in total. The van der Waals surface area contributed by atoms with Crippen molar-refractivity contribution in [3.05, 3.63) is 77.9 Å². The third-order valence-electron chi connectivity index (χ3n) is 6.00. The number of halogens is 1. The zero-order valence-electron chi connectivity index (χ0n) is 18.6. The van der Waals surface area contributed by atoms with E-state index in [1.807, 2.05) is 0 Å². The number of piperidine rings is 1. The summed E-state index contributed by atoms with van der Waals surface area (Å²) in [4.78, 5) is 23.9. The molecule has 1 aliphatic heterocycles. The molecule has 1 aromatic heterocycles. The summed E-state index contributed by atoms with van der Waals surface area (Å²) >= 11 is 0. The van der Waals surface area contributed by atoms with Crippen LogP contribution in [0.1, 0.15) is 43.7 Å². The van der Waals surface area contributed by atoms with Crippen LogP contribution in [-0.2, 0) is 11.3 Å². The molecule has 1 fully saturated rings. The minimum Gasteiger partial charge on any atom is -0.352 e. The van der Waals surface area contributed by atoms with Gasteiger partial charge in [0.15, 0.2) is 0 Å². The Labute approximate surface area is 188 Å². The van der Waals surface area contributed by atoms with E-state index in [9.17, 15) is 9.18 Å². The molecule has 2 aromatic carbocycles. The maximum atomic E-state index is 13.1. The van der Waals surface area contributed by atoms with E-state index in [-0.39, 0.29) is 17.6 Å². The summed E-state index contributed by atoms with van der Waals surface area (Å²) in [6.45, 7) is 6.32. The van der Waals surface area contributed by atoms with E-state index in [0.29, 0.717) is 25.0 Å². The molecule has 0 bridgehead atoms. The number of hydrogen-bond acceptors (Lipinski definition) is 4. The van der Waals surface area contributed by atoms with Crippen LogP contribution in [0.4, 0.5) is 10.3 Å². The number of anilines is 1. The molecule has 1 N–H and O–H groups in total. The van der Waals surface area contributed by atoms with Crippen LogP contribution in [0.25, 0.3) is 11.1 Å². The molecule has 2 heterocycles. The highest BCUT2D eigenvalue weighted by Gasteiger charge is 2.27. The number of benzene rings is 2. The highest BCUT2D eigenvalue weighted by molar-refractivity contribution is 5.79. The summed E-state index contributed by atoms with van der Waals surface area (Å²) in [6, 6.07) is 14.7. The Morgan fingerprint density at radius 3 is 2.41 bits per heavy atom. The molecular formula is C26H29FN4O. The van der Waals surface area contributed by atoms with Crippen molar-refractivity contribution >= 4 is 11.9 Å². The molecule has 1 atom stereocenters. The molecule has 166 valence electrons. The lowest BCUT2D eigenvalue weighted by atomic mass is 9.97.